The first-order valence-corrected chi connectivity index (χ1v) is 5.08. The molecule has 0 heterocycles. The summed E-state index contributed by atoms with van der Waals surface area (Å²) in [5.41, 5.74) is 0. The summed E-state index contributed by atoms with van der Waals surface area (Å²) in [5.74, 6) is 8.73. The molecule has 2 aliphatic rings. The third-order valence-electron chi connectivity index (χ3n) is 3.24. The van der Waals surface area contributed by atoms with Crippen molar-refractivity contribution >= 4 is 0 Å². The quantitative estimate of drug-likeness (QED) is 0.525. The normalized spacial score (nSPS) is 36.5. The van der Waals surface area contributed by atoms with E-state index in [1.807, 2.05) is 0 Å². The maximum Gasteiger partial charge on any atom is 0.143 e. The maximum absolute atomic E-state index is 8.54. The number of aliphatic hydroxyl groups excluding tert-OH is 1. The Morgan fingerprint density at radius 3 is 2.31 bits per heavy atom. The monoisotopic (exact) mass is 180 g/mol. The molecule has 0 spiro atoms. The lowest BCUT2D eigenvalue weighted by Gasteiger charge is -1.97. The molecule has 0 aromatic rings. The summed E-state index contributed by atoms with van der Waals surface area (Å²) in [7, 11) is 0. The van der Waals surface area contributed by atoms with Crippen molar-refractivity contribution in [2.24, 2.45) is 17.8 Å². The summed E-state index contributed by atoms with van der Waals surface area (Å²) in [6.45, 7) is 0.609. The summed E-state index contributed by atoms with van der Waals surface area (Å²) in [6.07, 6.45) is 4.57. The van der Waals surface area contributed by atoms with E-state index in [9.17, 15) is 0 Å². The van der Waals surface area contributed by atoms with Crippen molar-refractivity contribution < 1.29 is 9.84 Å². The fraction of sp³-hybridized carbons (Fsp3) is 0.818. The summed E-state index contributed by atoms with van der Waals surface area (Å²) in [5, 5.41) is 8.54. The van der Waals surface area contributed by atoms with Gasteiger partial charge in [-0.15, -0.1) is 11.8 Å². The van der Waals surface area contributed by atoms with Crippen LogP contribution < -0.4 is 0 Å². The standard InChI is InChI=1S/C11H16O2/c12-8-13-7-11-9-5-3-1-2-4-6-10(9)11/h9-12H,3-8H2/t9-,10+,11?. The molecule has 0 bridgehead atoms. The third kappa shape index (κ3) is 2.04. The van der Waals surface area contributed by atoms with Crippen LogP contribution in [-0.2, 0) is 4.74 Å². The van der Waals surface area contributed by atoms with Gasteiger partial charge in [0.25, 0.3) is 0 Å². The second-order valence-electron chi connectivity index (χ2n) is 3.92. The van der Waals surface area contributed by atoms with Crippen LogP contribution in [0.3, 0.4) is 0 Å². The first-order valence-electron chi connectivity index (χ1n) is 5.08. The van der Waals surface area contributed by atoms with Gasteiger partial charge < -0.3 is 9.84 Å². The van der Waals surface area contributed by atoms with Gasteiger partial charge in [-0.25, -0.2) is 0 Å². The molecule has 0 saturated heterocycles. The fourth-order valence-electron chi connectivity index (χ4n) is 2.47. The Hall–Kier alpha value is -0.520. The highest BCUT2D eigenvalue weighted by molar-refractivity contribution is 5.07. The van der Waals surface area contributed by atoms with Gasteiger partial charge in [-0.2, -0.15) is 0 Å². The van der Waals surface area contributed by atoms with Gasteiger partial charge in [-0.1, -0.05) is 0 Å². The van der Waals surface area contributed by atoms with E-state index in [1.54, 1.807) is 0 Å². The van der Waals surface area contributed by atoms with Crippen LogP contribution >= 0.6 is 0 Å². The smallest absolute Gasteiger partial charge is 0.143 e. The van der Waals surface area contributed by atoms with Crippen LogP contribution in [0.15, 0.2) is 0 Å². The van der Waals surface area contributed by atoms with Crippen LogP contribution in [-0.4, -0.2) is 18.5 Å². The van der Waals surface area contributed by atoms with Gasteiger partial charge in [-0.3, -0.25) is 0 Å². The molecule has 0 aromatic carbocycles. The van der Waals surface area contributed by atoms with Crippen molar-refractivity contribution in [1.29, 1.82) is 0 Å². The number of rotatable bonds is 3. The Kier molecular flexibility index (Phi) is 2.87. The SMILES string of the molecule is OCOCC1[C@H]2CCC#CCC[C@@H]12. The van der Waals surface area contributed by atoms with Crippen molar-refractivity contribution in [3.8, 4) is 11.8 Å². The van der Waals surface area contributed by atoms with Crippen molar-refractivity contribution in [3.05, 3.63) is 0 Å². The van der Waals surface area contributed by atoms with Crippen molar-refractivity contribution in [1.82, 2.24) is 0 Å². The number of fused-ring (bicyclic) bond motifs is 1. The molecule has 72 valence electrons. The molecule has 1 N–H and O–H groups in total. The minimum Gasteiger partial charge on any atom is -0.371 e. The molecule has 1 saturated carbocycles. The van der Waals surface area contributed by atoms with E-state index in [-0.39, 0.29) is 6.79 Å². The van der Waals surface area contributed by atoms with Crippen molar-refractivity contribution in [2.75, 3.05) is 13.4 Å². The van der Waals surface area contributed by atoms with Gasteiger partial charge in [0.2, 0.25) is 0 Å². The predicted octanol–water partition coefficient (Wildman–Crippen LogP) is 1.39. The van der Waals surface area contributed by atoms with E-state index in [4.69, 9.17) is 9.84 Å². The number of ether oxygens (including phenoxy) is 1. The molecular formula is C11H16O2. The summed E-state index contributed by atoms with van der Waals surface area (Å²) in [4.78, 5) is 0. The lowest BCUT2D eigenvalue weighted by Crippen LogP contribution is -1.99. The number of hydrogen-bond acceptors (Lipinski definition) is 2. The Morgan fingerprint density at radius 2 is 1.77 bits per heavy atom. The van der Waals surface area contributed by atoms with E-state index in [1.165, 1.54) is 12.8 Å². The highest BCUT2D eigenvalue weighted by atomic mass is 16.6. The zero-order chi connectivity index (χ0) is 9.10. The van der Waals surface area contributed by atoms with Crippen LogP contribution in [0.25, 0.3) is 0 Å². The number of aliphatic hydroxyl groups is 1. The predicted molar refractivity (Wildman–Crippen MR) is 49.8 cm³/mol. The Balaban J connectivity index is 1.79. The lowest BCUT2D eigenvalue weighted by molar-refractivity contribution is -0.00902. The van der Waals surface area contributed by atoms with Gasteiger partial charge >= 0.3 is 0 Å². The Morgan fingerprint density at radius 1 is 1.15 bits per heavy atom. The Labute approximate surface area is 79.3 Å². The first-order chi connectivity index (χ1) is 6.43. The molecule has 2 rings (SSSR count). The van der Waals surface area contributed by atoms with Crippen molar-refractivity contribution in [3.63, 3.8) is 0 Å². The van der Waals surface area contributed by atoms with Gasteiger partial charge in [0.05, 0.1) is 6.61 Å². The molecule has 3 atom stereocenters. The van der Waals surface area contributed by atoms with Crippen LogP contribution in [0.5, 0.6) is 0 Å². The molecule has 0 amide bonds. The minimum atomic E-state index is -0.133. The van der Waals surface area contributed by atoms with E-state index in [0.29, 0.717) is 5.92 Å². The molecule has 2 nitrogen and oxygen atoms in total. The van der Waals surface area contributed by atoms with E-state index >= 15 is 0 Å². The number of hydrogen-bond donors (Lipinski definition) is 1. The molecule has 2 aliphatic carbocycles. The molecular weight excluding hydrogens is 164 g/mol. The molecule has 0 radical (unpaired) electrons. The largest absolute Gasteiger partial charge is 0.371 e. The lowest BCUT2D eigenvalue weighted by atomic mass is 10.1. The summed E-state index contributed by atoms with van der Waals surface area (Å²) >= 11 is 0. The average Bonchev–Trinajstić information content (AvgIpc) is 2.72. The fourth-order valence-corrected chi connectivity index (χ4v) is 2.47. The molecule has 13 heavy (non-hydrogen) atoms. The van der Waals surface area contributed by atoms with Crippen LogP contribution in [0, 0.1) is 29.6 Å². The zero-order valence-corrected chi connectivity index (χ0v) is 7.83. The molecule has 1 fully saturated rings. The molecule has 2 heteroatoms. The summed E-state index contributed by atoms with van der Waals surface area (Å²) < 4.78 is 5.05. The van der Waals surface area contributed by atoms with Gasteiger partial charge in [0.15, 0.2) is 0 Å². The first kappa shape index (κ1) is 9.05. The second kappa shape index (κ2) is 4.13. The third-order valence-corrected chi connectivity index (χ3v) is 3.24. The van der Waals surface area contributed by atoms with Crippen LogP contribution in [0.4, 0.5) is 0 Å². The molecule has 0 aliphatic heterocycles. The highest BCUT2D eigenvalue weighted by Crippen LogP contribution is 2.52. The molecule has 1 unspecified atom stereocenters. The summed E-state index contributed by atoms with van der Waals surface area (Å²) in [6, 6.07) is 0. The van der Waals surface area contributed by atoms with Gasteiger partial charge in [0.1, 0.15) is 6.79 Å². The van der Waals surface area contributed by atoms with Crippen LogP contribution in [0.1, 0.15) is 25.7 Å². The average molecular weight is 180 g/mol. The second-order valence-corrected chi connectivity index (χ2v) is 3.92. The zero-order valence-electron chi connectivity index (χ0n) is 7.83. The van der Waals surface area contributed by atoms with Crippen molar-refractivity contribution in [2.45, 2.75) is 25.7 Å². The van der Waals surface area contributed by atoms with Crippen LogP contribution in [0.2, 0.25) is 0 Å². The minimum absolute atomic E-state index is 0.133. The maximum atomic E-state index is 8.54. The van der Waals surface area contributed by atoms with Gasteiger partial charge in [0, 0.05) is 12.8 Å². The molecule has 0 aromatic heterocycles. The van der Waals surface area contributed by atoms with E-state index < -0.39 is 0 Å². The van der Waals surface area contributed by atoms with E-state index in [0.717, 1.165) is 31.3 Å². The Bertz CT molecular complexity index is 208. The topological polar surface area (TPSA) is 29.5 Å². The van der Waals surface area contributed by atoms with E-state index in [2.05, 4.69) is 11.8 Å². The highest BCUT2D eigenvalue weighted by Gasteiger charge is 2.48. The van der Waals surface area contributed by atoms with Gasteiger partial charge in [-0.05, 0) is 30.6 Å².